The third kappa shape index (κ3) is 7.66. The summed E-state index contributed by atoms with van der Waals surface area (Å²) in [5, 5.41) is 18.2. The normalized spacial score (nSPS) is 12.9. The van der Waals surface area contributed by atoms with Gasteiger partial charge in [-0.1, -0.05) is 19.1 Å². The molecule has 0 saturated heterocycles. The van der Waals surface area contributed by atoms with E-state index in [2.05, 4.69) is 34.5 Å². The first-order valence-corrected chi connectivity index (χ1v) is 11.2. The van der Waals surface area contributed by atoms with Crippen molar-refractivity contribution in [1.29, 1.82) is 0 Å². The Kier molecular flexibility index (Phi) is 9.41. The summed E-state index contributed by atoms with van der Waals surface area (Å²) < 4.78 is 5.71. The molecule has 2 aromatic rings. The van der Waals surface area contributed by atoms with Crippen LogP contribution in [0, 0.1) is 6.92 Å². The Balaban J connectivity index is 1.91. The topological polar surface area (TPSA) is 78.8 Å². The van der Waals surface area contributed by atoms with E-state index in [0.717, 1.165) is 42.3 Å². The lowest BCUT2D eigenvalue weighted by Gasteiger charge is -2.15. The number of nitrogens with one attached hydrogen (secondary N) is 2. The smallest absolute Gasteiger partial charge is 0.191 e. The predicted octanol–water partition coefficient (Wildman–Crippen LogP) is 3.63. The predicted molar refractivity (Wildman–Crippen MR) is 121 cm³/mol. The molecule has 1 heterocycles. The van der Waals surface area contributed by atoms with Crippen LogP contribution in [0.5, 0.6) is 5.75 Å². The number of guanidine groups is 1. The summed E-state index contributed by atoms with van der Waals surface area (Å²) in [5.41, 5.74) is 1.99. The van der Waals surface area contributed by atoms with Gasteiger partial charge in [-0.2, -0.15) is 0 Å². The summed E-state index contributed by atoms with van der Waals surface area (Å²) in [5.74, 6) is 1.46. The van der Waals surface area contributed by atoms with Gasteiger partial charge in [0.15, 0.2) is 5.96 Å². The summed E-state index contributed by atoms with van der Waals surface area (Å²) in [6, 6.07) is 7.56. The van der Waals surface area contributed by atoms with Crippen LogP contribution in [0.2, 0.25) is 0 Å². The molecule has 6 nitrogen and oxygen atoms in total. The largest absolute Gasteiger partial charge is 0.491 e. The van der Waals surface area contributed by atoms with Gasteiger partial charge in [-0.05, 0) is 51.8 Å². The van der Waals surface area contributed by atoms with Crippen molar-refractivity contribution in [2.75, 3.05) is 19.6 Å². The van der Waals surface area contributed by atoms with Crippen molar-refractivity contribution in [3.8, 4) is 5.75 Å². The number of ether oxygens (including phenoxy) is 1. The molecule has 0 saturated carbocycles. The Labute approximate surface area is 178 Å². The average Bonchev–Trinajstić information content (AvgIpc) is 3.05. The summed E-state index contributed by atoms with van der Waals surface area (Å²) in [6.45, 7) is 12.0. The van der Waals surface area contributed by atoms with Crippen LogP contribution in [0.3, 0.4) is 0 Å². The van der Waals surface area contributed by atoms with E-state index in [1.165, 1.54) is 10.6 Å². The zero-order chi connectivity index (χ0) is 21.2. The maximum atomic E-state index is 10.5. The number of aromatic nitrogens is 1. The number of aliphatic hydroxyl groups excluding tert-OH is 1. The minimum Gasteiger partial charge on any atom is -0.491 e. The average molecular weight is 419 g/mol. The van der Waals surface area contributed by atoms with Gasteiger partial charge in [0.1, 0.15) is 5.75 Å². The maximum Gasteiger partial charge on any atom is 0.191 e. The molecule has 3 N–H and O–H groups in total. The van der Waals surface area contributed by atoms with Crippen LogP contribution in [-0.2, 0) is 12.8 Å². The Hall–Kier alpha value is -2.12. The third-order valence-electron chi connectivity index (χ3n) is 4.28. The first kappa shape index (κ1) is 23.2. The molecule has 0 fully saturated rings. The number of benzene rings is 1. The Bertz CT molecular complexity index is 789. The second-order valence-electron chi connectivity index (χ2n) is 7.12. The van der Waals surface area contributed by atoms with Gasteiger partial charge in [0.25, 0.3) is 0 Å². The van der Waals surface area contributed by atoms with Crippen molar-refractivity contribution in [3.05, 3.63) is 45.4 Å². The highest BCUT2D eigenvalue weighted by Gasteiger charge is 2.10. The van der Waals surface area contributed by atoms with E-state index >= 15 is 0 Å². The van der Waals surface area contributed by atoms with E-state index in [0.29, 0.717) is 5.96 Å². The molecule has 0 spiro atoms. The minimum atomic E-state index is -0.685. The van der Waals surface area contributed by atoms with Crippen LogP contribution >= 0.6 is 11.3 Å². The van der Waals surface area contributed by atoms with Crippen molar-refractivity contribution >= 4 is 17.3 Å². The van der Waals surface area contributed by atoms with Crippen molar-refractivity contribution < 1.29 is 9.84 Å². The van der Waals surface area contributed by atoms with Gasteiger partial charge in [0, 0.05) is 24.4 Å². The van der Waals surface area contributed by atoms with Gasteiger partial charge in [0.2, 0.25) is 0 Å². The summed E-state index contributed by atoms with van der Waals surface area (Å²) in [7, 11) is 0. The summed E-state index contributed by atoms with van der Waals surface area (Å²) in [4.78, 5) is 10.5. The van der Waals surface area contributed by atoms with Gasteiger partial charge >= 0.3 is 0 Å². The summed E-state index contributed by atoms with van der Waals surface area (Å²) in [6.07, 6.45) is 1.24. The first-order valence-electron chi connectivity index (χ1n) is 10.3. The van der Waals surface area contributed by atoms with Gasteiger partial charge in [0.05, 0.1) is 29.5 Å². The van der Waals surface area contributed by atoms with Crippen LogP contribution in [0.25, 0.3) is 0 Å². The van der Waals surface area contributed by atoms with E-state index in [1.807, 2.05) is 45.0 Å². The molecule has 0 bridgehead atoms. The Morgan fingerprint density at radius 3 is 2.72 bits per heavy atom. The van der Waals surface area contributed by atoms with Crippen LogP contribution in [-0.4, -0.2) is 41.8 Å². The van der Waals surface area contributed by atoms with Gasteiger partial charge in [-0.25, -0.2) is 4.98 Å². The molecule has 0 aliphatic carbocycles. The van der Waals surface area contributed by atoms with Gasteiger partial charge < -0.3 is 20.5 Å². The fourth-order valence-electron chi connectivity index (χ4n) is 2.90. The fourth-order valence-corrected chi connectivity index (χ4v) is 3.92. The van der Waals surface area contributed by atoms with Crippen molar-refractivity contribution in [2.45, 2.75) is 59.7 Å². The number of aliphatic hydroxyl groups is 1. The highest BCUT2D eigenvalue weighted by Crippen LogP contribution is 2.21. The van der Waals surface area contributed by atoms with E-state index in [1.54, 1.807) is 11.3 Å². The molecule has 0 radical (unpaired) electrons. The zero-order valence-electron chi connectivity index (χ0n) is 18.2. The fraction of sp³-hybridized carbons (Fsp3) is 0.545. The molecule has 29 heavy (non-hydrogen) atoms. The highest BCUT2D eigenvalue weighted by molar-refractivity contribution is 7.11. The quantitative estimate of drug-likeness (QED) is 0.406. The molecule has 0 aliphatic heterocycles. The number of aryl methyl sites for hydroxylation is 2. The second kappa shape index (κ2) is 11.8. The van der Waals surface area contributed by atoms with Crippen molar-refractivity contribution in [1.82, 2.24) is 15.6 Å². The highest BCUT2D eigenvalue weighted by atomic mass is 32.1. The monoisotopic (exact) mass is 418 g/mol. The number of hydrogen-bond donors (Lipinski definition) is 3. The molecule has 1 unspecified atom stereocenters. The number of hydrogen-bond acceptors (Lipinski definition) is 5. The molecule has 7 heteroatoms. The number of rotatable bonds is 10. The van der Waals surface area contributed by atoms with Crippen molar-refractivity contribution in [2.24, 2.45) is 4.99 Å². The summed E-state index contributed by atoms with van der Waals surface area (Å²) >= 11 is 1.76. The molecule has 160 valence electrons. The lowest BCUT2D eigenvalue weighted by molar-refractivity contribution is 0.185. The molecular formula is C22H34N4O2S. The number of aliphatic imine (C=N–C) groups is 1. The second-order valence-corrected chi connectivity index (χ2v) is 8.40. The van der Waals surface area contributed by atoms with E-state index in [9.17, 15) is 5.11 Å². The van der Waals surface area contributed by atoms with E-state index < -0.39 is 6.10 Å². The molecule has 0 amide bonds. The molecule has 1 aromatic carbocycles. The van der Waals surface area contributed by atoms with Gasteiger partial charge in [-0.3, -0.25) is 4.99 Å². The number of nitrogens with zero attached hydrogens (tertiary/aromatic N) is 2. The SMILES string of the molecule is CCNC(=NCC(O)c1cccc(OC(C)C)c1)NCCc1nc(CC)c(C)s1. The standard InChI is InChI=1S/C22H34N4O2S/c1-6-19-16(5)29-21(26-19)11-12-24-22(23-7-2)25-14-20(27)17-9-8-10-18(13-17)28-15(3)4/h8-10,13,15,20,27H,6-7,11-12,14H2,1-5H3,(H2,23,24,25). The Morgan fingerprint density at radius 1 is 1.28 bits per heavy atom. The lowest BCUT2D eigenvalue weighted by atomic mass is 10.1. The molecular weight excluding hydrogens is 384 g/mol. The molecule has 2 rings (SSSR count). The number of thiazole rings is 1. The third-order valence-corrected chi connectivity index (χ3v) is 5.36. The minimum absolute atomic E-state index is 0.0972. The van der Waals surface area contributed by atoms with Crippen LogP contribution in [0.1, 0.15) is 54.9 Å². The lowest BCUT2D eigenvalue weighted by Crippen LogP contribution is -2.38. The van der Waals surface area contributed by atoms with Crippen LogP contribution in [0.15, 0.2) is 29.3 Å². The van der Waals surface area contributed by atoms with E-state index in [-0.39, 0.29) is 12.6 Å². The maximum absolute atomic E-state index is 10.5. The van der Waals surface area contributed by atoms with Crippen LogP contribution in [0.4, 0.5) is 0 Å². The van der Waals surface area contributed by atoms with E-state index in [4.69, 9.17) is 4.74 Å². The van der Waals surface area contributed by atoms with Crippen molar-refractivity contribution in [3.63, 3.8) is 0 Å². The zero-order valence-corrected chi connectivity index (χ0v) is 19.0. The first-order chi connectivity index (χ1) is 13.9. The van der Waals surface area contributed by atoms with Crippen LogP contribution < -0.4 is 15.4 Å². The molecule has 0 aliphatic rings. The molecule has 1 aromatic heterocycles. The Morgan fingerprint density at radius 2 is 2.07 bits per heavy atom. The molecule has 1 atom stereocenters. The van der Waals surface area contributed by atoms with Gasteiger partial charge in [-0.15, -0.1) is 11.3 Å².